The third-order valence-electron chi connectivity index (χ3n) is 3.55. The van der Waals surface area contributed by atoms with Crippen molar-refractivity contribution >= 4 is 5.96 Å². The highest BCUT2D eigenvalue weighted by atomic mass is 16.3. The van der Waals surface area contributed by atoms with Crippen LogP contribution in [0.3, 0.4) is 0 Å². The lowest BCUT2D eigenvalue weighted by molar-refractivity contribution is 0.145. The van der Waals surface area contributed by atoms with Crippen molar-refractivity contribution in [1.29, 1.82) is 0 Å². The van der Waals surface area contributed by atoms with E-state index in [1.807, 2.05) is 0 Å². The standard InChI is InChI=1S/C14H27N3O/c1-4-14(3,11-18)10-16-13(15-5-2)17-12-8-6-7-9-12/h6-7,12,18H,4-5,8-11H2,1-3H3,(H2,15,16,17). The van der Waals surface area contributed by atoms with Gasteiger partial charge in [-0.1, -0.05) is 26.0 Å². The molecule has 1 rings (SSSR count). The SMILES string of the molecule is CCNC(=NCC(C)(CC)CO)NC1CC=CC1. The van der Waals surface area contributed by atoms with Crippen LogP contribution in [0.1, 0.15) is 40.0 Å². The van der Waals surface area contributed by atoms with Crippen LogP contribution in [0.4, 0.5) is 0 Å². The van der Waals surface area contributed by atoms with Crippen molar-refractivity contribution in [2.75, 3.05) is 19.7 Å². The first-order valence-corrected chi connectivity index (χ1v) is 6.94. The molecular weight excluding hydrogens is 226 g/mol. The molecule has 0 heterocycles. The van der Waals surface area contributed by atoms with Gasteiger partial charge in [-0.25, -0.2) is 0 Å². The highest BCUT2D eigenvalue weighted by Crippen LogP contribution is 2.20. The third-order valence-corrected chi connectivity index (χ3v) is 3.55. The maximum absolute atomic E-state index is 9.39. The lowest BCUT2D eigenvalue weighted by atomic mass is 9.89. The predicted molar refractivity (Wildman–Crippen MR) is 76.8 cm³/mol. The fraction of sp³-hybridized carbons (Fsp3) is 0.786. The molecule has 0 fully saturated rings. The molecule has 0 aromatic rings. The summed E-state index contributed by atoms with van der Waals surface area (Å²) in [6.07, 6.45) is 7.46. The van der Waals surface area contributed by atoms with Gasteiger partial charge in [0.15, 0.2) is 5.96 Å². The fourth-order valence-corrected chi connectivity index (χ4v) is 1.79. The lowest BCUT2D eigenvalue weighted by Crippen LogP contribution is -2.43. The molecule has 0 aliphatic heterocycles. The molecule has 0 saturated carbocycles. The average molecular weight is 253 g/mol. The summed E-state index contributed by atoms with van der Waals surface area (Å²) in [5.74, 6) is 0.860. The third kappa shape index (κ3) is 4.69. The van der Waals surface area contributed by atoms with Crippen molar-refractivity contribution < 1.29 is 5.11 Å². The van der Waals surface area contributed by atoms with Crippen LogP contribution in [-0.2, 0) is 0 Å². The smallest absolute Gasteiger partial charge is 0.191 e. The van der Waals surface area contributed by atoms with Crippen LogP contribution in [0.5, 0.6) is 0 Å². The predicted octanol–water partition coefficient (Wildman–Crippen LogP) is 1.67. The molecule has 3 N–H and O–H groups in total. The van der Waals surface area contributed by atoms with Crippen LogP contribution in [0, 0.1) is 5.41 Å². The molecule has 1 unspecified atom stereocenters. The normalized spacial score (nSPS) is 19.9. The van der Waals surface area contributed by atoms with Gasteiger partial charge < -0.3 is 15.7 Å². The van der Waals surface area contributed by atoms with Gasteiger partial charge in [0.1, 0.15) is 0 Å². The summed E-state index contributed by atoms with van der Waals surface area (Å²) in [5, 5.41) is 16.1. The molecule has 1 atom stereocenters. The number of aliphatic imine (C=N–C) groups is 1. The first-order valence-electron chi connectivity index (χ1n) is 6.94. The summed E-state index contributed by atoms with van der Waals surface area (Å²) in [5.41, 5.74) is -0.115. The van der Waals surface area contributed by atoms with Gasteiger partial charge in [-0.2, -0.15) is 0 Å². The van der Waals surface area contributed by atoms with Crippen molar-refractivity contribution in [1.82, 2.24) is 10.6 Å². The summed E-state index contributed by atoms with van der Waals surface area (Å²) >= 11 is 0. The Bertz CT molecular complexity index is 287. The molecule has 0 spiro atoms. The second kappa shape index (κ2) is 7.41. The first kappa shape index (κ1) is 15.0. The minimum Gasteiger partial charge on any atom is -0.396 e. The molecule has 0 bridgehead atoms. The van der Waals surface area contributed by atoms with E-state index in [4.69, 9.17) is 0 Å². The minimum absolute atomic E-state index is 0.115. The first-order chi connectivity index (χ1) is 8.63. The number of aliphatic hydroxyl groups is 1. The number of aliphatic hydroxyl groups excluding tert-OH is 1. The molecule has 1 aliphatic rings. The van der Waals surface area contributed by atoms with Crippen LogP contribution >= 0.6 is 0 Å². The fourth-order valence-electron chi connectivity index (χ4n) is 1.79. The Morgan fingerprint density at radius 1 is 1.39 bits per heavy atom. The number of hydrogen-bond acceptors (Lipinski definition) is 2. The largest absolute Gasteiger partial charge is 0.396 e. The van der Waals surface area contributed by atoms with Gasteiger partial charge >= 0.3 is 0 Å². The van der Waals surface area contributed by atoms with Gasteiger partial charge in [0, 0.05) is 18.0 Å². The number of guanidine groups is 1. The topological polar surface area (TPSA) is 56.7 Å². The van der Waals surface area contributed by atoms with E-state index >= 15 is 0 Å². The Morgan fingerprint density at radius 3 is 2.56 bits per heavy atom. The Labute approximate surface area is 111 Å². The molecule has 1 aliphatic carbocycles. The average Bonchev–Trinajstić information content (AvgIpc) is 2.89. The van der Waals surface area contributed by atoms with Crippen molar-refractivity contribution in [3.05, 3.63) is 12.2 Å². The van der Waals surface area contributed by atoms with E-state index < -0.39 is 0 Å². The second-order valence-corrected chi connectivity index (χ2v) is 5.30. The Balaban J connectivity index is 2.53. The van der Waals surface area contributed by atoms with E-state index in [9.17, 15) is 5.11 Å². The maximum atomic E-state index is 9.39. The molecule has 104 valence electrons. The van der Waals surface area contributed by atoms with Gasteiger partial charge in [-0.15, -0.1) is 0 Å². The van der Waals surface area contributed by atoms with Crippen LogP contribution in [0.25, 0.3) is 0 Å². The van der Waals surface area contributed by atoms with Gasteiger partial charge in [0.2, 0.25) is 0 Å². The summed E-state index contributed by atoms with van der Waals surface area (Å²) in [6, 6.07) is 0.463. The number of nitrogens with one attached hydrogen (secondary N) is 2. The highest BCUT2D eigenvalue weighted by molar-refractivity contribution is 5.80. The summed E-state index contributed by atoms with van der Waals surface area (Å²) < 4.78 is 0. The van der Waals surface area contributed by atoms with Gasteiger partial charge in [0.25, 0.3) is 0 Å². The summed E-state index contributed by atoms with van der Waals surface area (Å²) in [7, 11) is 0. The van der Waals surface area contributed by atoms with Crippen molar-refractivity contribution in [3.8, 4) is 0 Å². The molecule has 0 aromatic heterocycles. The van der Waals surface area contributed by atoms with E-state index in [1.54, 1.807) is 0 Å². The van der Waals surface area contributed by atoms with E-state index in [0.717, 1.165) is 31.8 Å². The van der Waals surface area contributed by atoms with Crippen LogP contribution < -0.4 is 10.6 Å². The Kier molecular flexibility index (Phi) is 6.19. The molecule has 0 radical (unpaired) electrons. The van der Waals surface area contributed by atoms with Gasteiger partial charge in [0.05, 0.1) is 13.2 Å². The quantitative estimate of drug-likeness (QED) is 0.383. The van der Waals surface area contributed by atoms with Gasteiger partial charge in [-0.3, -0.25) is 4.99 Å². The monoisotopic (exact) mass is 253 g/mol. The van der Waals surface area contributed by atoms with Gasteiger partial charge in [-0.05, 0) is 26.2 Å². The van der Waals surface area contributed by atoms with E-state index in [0.29, 0.717) is 12.6 Å². The summed E-state index contributed by atoms with van der Waals surface area (Å²) in [4.78, 5) is 4.60. The molecular formula is C14H27N3O. The number of nitrogens with zero attached hydrogens (tertiary/aromatic N) is 1. The zero-order valence-electron chi connectivity index (χ0n) is 11.9. The minimum atomic E-state index is -0.115. The molecule has 18 heavy (non-hydrogen) atoms. The molecule has 0 amide bonds. The van der Waals surface area contributed by atoms with Crippen LogP contribution in [0.15, 0.2) is 17.1 Å². The molecule has 4 nitrogen and oxygen atoms in total. The van der Waals surface area contributed by atoms with E-state index in [1.165, 1.54) is 0 Å². The Hall–Kier alpha value is -1.03. The van der Waals surface area contributed by atoms with Crippen molar-refractivity contribution in [3.63, 3.8) is 0 Å². The zero-order chi connectivity index (χ0) is 13.4. The lowest BCUT2D eigenvalue weighted by Gasteiger charge is -2.24. The Morgan fingerprint density at radius 2 is 2.06 bits per heavy atom. The number of rotatable bonds is 6. The second-order valence-electron chi connectivity index (χ2n) is 5.30. The molecule has 4 heteroatoms. The van der Waals surface area contributed by atoms with Crippen LogP contribution in [0.2, 0.25) is 0 Å². The number of hydrogen-bond donors (Lipinski definition) is 3. The van der Waals surface area contributed by atoms with Crippen molar-refractivity contribution in [2.45, 2.75) is 46.1 Å². The highest BCUT2D eigenvalue weighted by Gasteiger charge is 2.21. The van der Waals surface area contributed by atoms with E-state index in [2.05, 4.69) is 48.5 Å². The van der Waals surface area contributed by atoms with E-state index in [-0.39, 0.29) is 12.0 Å². The molecule has 0 saturated heterocycles. The van der Waals surface area contributed by atoms with Crippen molar-refractivity contribution in [2.24, 2.45) is 10.4 Å². The molecule has 0 aromatic carbocycles. The maximum Gasteiger partial charge on any atom is 0.191 e. The zero-order valence-corrected chi connectivity index (χ0v) is 11.9. The summed E-state index contributed by atoms with van der Waals surface area (Å²) in [6.45, 7) is 7.90. The van der Waals surface area contributed by atoms with Crippen LogP contribution in [-0.4, -0.2) is 36.8 Å².